The quantitative estimate of drug-likeness (QED) is 0.807. The van der Waals surface area contributed by atoms with Crippen LogP contribution >= 0.6 is 11.6 Å². The Morgan fingerprint density at radius 3 is 2.94 bits per heavy atom. The maximum Gasteiger partial charge on any atom is 0.252 e. The lowest BCUT2D eigenvalue weighted by Crippen LogP contribution is -2.26. The average Bonchev–Trinajstić information content (AvgIpc) is 2.83. The van der Waals surface area contributed by atoms with Crippen molar-refractivity contribution in [1.29, 1.82) is 0 Å². The number of hydrogen-bond acceptors (Lipinski definition) is 3. The lowest BCUT2D eigenvalue weighted by Gasteiger charge is -2.03. The van der Waals surface area contributed by atoms with Gasteiger partial charge in [0.05, 0.1) is 5.56 Å². The van der Waals surface area contributed by atoms with Crippen LogP contribution in [-0.2, 0) is 6.42 Å². The van der Waals surface area contributed by atoms with Crippen LogP contribution in [0.25, 0.3) is 0 Å². The molecule has 0 bridgehead atoms. The number of nitrogens with zero attached hydrogens (tertiary/aromatic N) is 2. The first-order valence-corrected chi connectivity index (χ1v) is 5.51. The number of halogens is 1. The van der Waals surface area contributed by atoms with E-state index in [-0.39, 0.29) is 5.91 Å². The zero-order chi connectivity index (χ0) is 12.1. The molecule has 0 aliphatic heterocycles. The molecular formula is C11H11ClN4O. The maximum atomic E-state index is 11.7. The molecule has 88 valence electrons. The summed E-state index contributed by atoms with van der Waals surface area (Å²) in [5, 5.41) is 3.15. The SMILES string of the molecule is O=C(NCCc1ncc[nH]1)c1ccc(Cl)nc1. The second-order valence-electron chi connectivity index (χ2n) is 3.41. The average molecular weight is 251 g/mol. The third-order valence-corrected chi connectivity index (χ3v) is 2.42. The van der Waals surface area contributed by atoms with Gasteiger partial charge in [0.2, 0.25) is 0 Å². The van der Waals surface area contributed by atoms with Gasteiger partial charge in [0.25, 0.3) is 5.91 Å². The van der Waals surface area contributed by atoms with Crippen LogP contribution in [0, 0.1) is 0 Å². The highest BCUT2D eigenvalue weighted by Gasteiger charge is 2.05. The van der Waals surface area contributed by atoms with Crippen LogP contribution in [0.4, 0.5) is 0 Å². The van der Waals surface area contributed by atoms with Gasteiger partial charge in [-0.3, -0.25) is 4.79 Å². The first-order valence-electron chi connectivity index (χ1n) is 5.14. The zero-order valence-corrected chi connectivity index (χ0v) is 9.74. The summed E-state index contributed by atoms with van der Waals surface area (Å²) in [5.74, 6) is 0.681. The van der Waals surface area contributed by atoms with Gasteiger partial charge >= 0.3 is 0 Å². The predicted molar refractivity (Wildman–Crippen MR) is 63.9 cm³/mol. The fourth-order valence-corrected chi connectivity index (χ4v) is 1.45. The van der Waals surface area contributed by atoms with Gasteiger partial charge < -0.3 is 10.3 Å². The molecule has 2 aromatic rings. The summed E-state index contributed by atoms with van der Waals surface area (Å²) in [6, 6.07) is 3.22. The van der Waals surface area contributed by atoms with Crippen molar-refractivity contribution in [2.75, 3.05) is 6.54 Å². The standard InChI is InChI=1S/C11H11ClN4O/c12-9-2-1-8(7-16-9)11(17)15-4-3-10-13-5-6-14-10/h1-2,5-7H,3-4H2,(H,13,14)(H,15,17). The zero-order valence-electron chi connectivity index (χ0n) is 8.98. The molecule has 0 radical (unpaired) electrons. The molecule has 1 amide bonds. The number of hydrogen-bond donors (Lipinski definition) is 2. The van der Waals surface area contributed by atoms with Gasteiger partial charge in [-0.25, -0.2) is 9.97 Å². The minimum atomic E-state index is -0.166. The molecule has 0 aliphatic rings. The number of aromatic amines is 1. The second-order valence-corrected chi connectivity index (χ2v) is 3.80. The van der Waals surface area contributed by atoms with E-state index in [0.717, 1.165) is 5.82 Å². The number of amides is 1. The molecule has 2 rings (SSSR count). The fourth-order valence-electron chi connectivity index (χ4n) is 1.34. The summed E-state index contributed by atoms with van der Waals surface area (Å²) < 4.78 is 0. The number of rotatable bonds is 4. The van der Waals surface area contributed by atoms with Crippen LogP contribution in [0.3, 0.4) is 0 Å². The van der Waals surface area contributed by atoms with Gasteiger partial charge in [-0.15, -0.1) is 0 Å². The van der Waals surface area contributed by atoms with Crippen LogP contribution in [0.1, 0.15) is 16.2 Å². The molecule has 2 N–H and O–H groups in total. The first kappa shape index (κ1) is 11.6. The lowest BCUT2D eigenvalue weighted by atomic mass is 10.2. The lowest BCUT2D eigenvalue weighted by molar-refractivity contribution is 0.0953. The predicted octanol–water partition coefficient (Wildman–Crippen LogP) is 1.43. The van der Waals surface area contributed by atoms with E-state index in [1.807, 2.05) is 0 Å². The molecule has 2 heterocycles. The van der Waals surface area contributed by atoms with E-state index in [4.69, 9.17) is 11.6 Å². The Kier molecular flexibility index (Phi) is 3.72. The van der Waals surface area contributed by atoms with Crippen molar-refractivity contribution in [1.82, 2.24) is 20.3 Å². The number of H-pyrrole nitrogens is 1. The third kappa shape index (κ3) is 3.29. The van der Waals surface area contributed by atoms with Crippen molar-refractivity contribution in [3.63, 3.8) is 0 Å². The summed E-state index contributed by atoms with van der Waals surface area (Å²) in [7, 11) is 0. The maximum absolute atomic E-state index is 11.7. The van der Waals surface area contributed by atoms with Crippen LogP contribution < -0.4 is 5.32 Å². The van der Waals surface area contributed by atoms with Gasteiger partial charge in [0.1, 0.15) is 11.0 Å². The van der Waals surface area contributed by atoms with Gasteiger partial charge in [-0.1, -0.05) is 11.6 Å². The van der Waals surface area contributed by atoms with E-state index in [2.05, 4.69) is 20.3 Å². The van der Waals surface area contributed by atoms with Crippen LogP contribution in [-0.4, -0.2) is 27.4 Å². The summed E-state index contributed by atoms with van der Waals surface area (Å²) in [4.78, 5) is 22.5. The Bertz CT molecular complexity index is 481. The molecule has 6 heteroatoms. The normalized spacial score (nSPS) is 10.2. The Morgan fingerprint density at radius 2 is 2.29 bits per heavy atom. The molecule has 17 heavy (non-hydrogen) atoms. The van der Waals surface area contributed by atoms with Crippen molar-refractivity contribution in [2.45, 2.75) is 6.42 Å². The summed E-state index contributed by atoms with van der Waals surface area (Å²) in [6.45, 7) is 0.523. The van der Waals surface area contributed by atoms with Crippen LogP contribution in [0.2, 0.25) is 5.15 Å². The molecule has 0 aliphatic carbocycles. The van der Waals surface area contributed by atoms with Crippen molar-refractivity contribution in [3.8, 4) is 0 Å². The van der Waals surface area contributed by atoms with E-state index in [1.165, 1.54) is 6.20 Å². The minimum Gasteiger partial charge on any atom is -0.352 e. The van der Waals surface area contributed by atoms with Crippen molar-refractivity contribution < 1.29 is 4.79 Å². The fraction of sp³-hybridized carbons (Fsp3) is 0.182. The summed E-state index contributed by atoms with van der Waals surface area (Å²) >= 11 is 5.63. The monoisotopic (exact) mass is 250 g/mol. The number of carbonyl (C=O) groups excluding carboxylic acids is 1. The molecule has 0 atom stereocenters. The van der Waals surface area contributed by atoms with Gasteiger partial charge in [-0.2, -0.15) is 0 Å². The number of aromatic nitrogens is 3. The number of nitrogens with one attached hydrogen (secondary N) is 2. The van der Waals surface area contributed by atoms with Gasteiger partial charge in [0.15, 0.2) is 0 Å². The Morgan fingerprint density at radius 1 is 1.41 bits per heavy atom. The molecule has 0 spiro atoms. The van der Waals surface area contributed by atoms with E-state index >= 15 is 0 Å². The molecule has 0 aromatic carbocycles. The largest absolute Gasteiger partial charge is 0.352 e. The smallest absolute Gasteiger partial charge is 0.252 e. The molecule has 0 fully saturated rings. The Balaban J connectivity index is 1.83. The van der Waals surface area contributed by atoms with Gasteiger partial charge in [0, 0.05) is 31.6 Å². The Hall–Kier alpha value is -1.88. The molecular weight excluding hydrogens is 240 g/mol. The number of carbonyl (C=O) groups is 1. The molecule has 2 aromatic heterocycles. The van der Waals surface area contributed by atoms with Crippen molar-refractivity contribution in [3.05, 3.63) is 47.3 Å². The summed E-state index contributed by atoms with van der Waals surface area (Å²) in [6.07, 6.45) is 5.55. The van der Waals surface area contributed by atoms with Crippen LogP contribution in [0.15, 0.2) is 30.7 Å². The van der Waals surface area contributed by atoms with Crippen LogP contribution in [0.5, 0.6) is 0 Å². The molecule has 0 saturated heterocycles. The van der Waals surface area contributed by atoms with E-state index < -0.39 is 0 Å². The third-order valence-electron chi connectivity index (χ3n) is 2.19. The highest BCUT2D eigenvalue weighted by atomic mass is 35.5. The number of imidazole rings is 1. The highest BCUT2D eigenvalue weighted by Crippen LogP contribution is 2.04. The van der Waals surface area contributed by atoms with Crippen molar-refractivity contribution >= 4 is 17.5 Å². The first-order chi connectivity index (χ1) is 8.25. The van der Waals surface area contributed by atoms with E-state index in [1.54, 1.807) is 24.5 Å². The molecule has 0 saturated carbocycles. The highest BCUT2D eigenvalue weighted by molar-refractivity contribution is 6.29. The minimum absolute atomic E-state index is 0.166. The topological polar surface area (TPSA) is 70.7 Å². The summed E-state index contributed by atoms with van der Waals surface area (Å²) in [5.41, 5.74) is 0.494. The molecule has 0 unspecified atom stereocenters. The van der Waals surface area contributed by atoms with Crippen molar-refractivity contribution in [2.24, 2.45) is 0 Å². The van der Waals surface area contributed by atoms with E-state index in [0.29, 0.717) is 23.7 Å². The Labute approximate surface area is 103 Å². The molecule has 5 nitrogen and oxygen atoms in total. The van der Waals surface area contributed by atoms with Gasteiger partial charge in [-0.05, 0) is 12.1 Å². The number of pyridine rings is 1. The van der Waals surface area contributed by atoms with E-state index in [9.17, 15) is 4.79 Å². The second kappa shape index (κ2) is 5.45.